The van der Waals surface area contributed by atoms with Gasteiger partial charge in [-0.3, -0.25) is 0 Å². The van der Waals surface area contributed by atoms with Crippen molar-refractivity contribution >= 4 is 12.0 Å². The third-order valence-corrected chi connectivity index (χ3v) is 4.25. The number of halogens is 2. The van der Waals surface area contributed by atoms with Crippen LogP contribution in [0.15, 0.2) is 30.5 Å². The predicted molar refractivity (Wildman–Crippen MR) is 103 cm³/mol. The highest BCUT2D eigenvalue weighted by Crippen LogP contribution is 2.26. The van der Waals surface area contributed by atoms with Crippen LogP contribution < -0.4 is 9.64 Å². The lowest BCUT2D eigenvalue weighted by molar-refractivity contribution is 0.0218. The smallest absolute Gasteiger partial charge is 0.410 e. The number of hydrogen-bond donors (Lipinski definition) is 0. The summed E-state index contributed by atoms with van der Waals surface area (Å²) in [5.41, 5.74) is -0.569. The van der Waals surface area contributed by atoms with Gasteiger partial charge >= 0.3 is 6.09 Å². The Morgan fingerprint density at radius 2 is 2.00 bits per heavy atom. The Balaban J connectivity index is 1.72. The lowest BCUT2D eigenvalue weighted by Gasteiger charge is -2.40. The monoisotopic (exact) mass is 406 g/mol. The maximum absolute atomic E-state index is 14.1. The summed E-state index contributed by atoms with van der Waals surface area (Å²) in [6.45, 7) is 8.64. The van der Waals surface area contributed by atoms with Crippen molar-refractivity contribution in [1.29, 1.82) is 0 Å². The quantitative estimate of drug-likeness (QED) is 0.768. The average Bonchev–Trinajstić information content (AvgIpc) is 2.62. The Morgan fingerprint density at radius 3 is 2.66 bits per heavy atom. The summed E-state index contributed by atoms with van der Waals surface area (Å²) in [7, 11) is 0. The average molecular weight is 406 g/mol. The number of anilines is 1. The number of ether oxygens (including phenoxy) is 2. The number of carbonyl (C=O) groups is 1. The maximum atomic E-state index is 14.1. The first-order valence-corrected chi connectivity index (χ1v) is 9.33. The molecule has 1 aliphatic rings. The summed E-state index contributed by atoms with van der Waals surface area (Å²) in [6.07, 6.45) is 0.642. The van der Waals surface area contributed by atoms with E-state index in [1.165, 1.54) is 18.2 Å². The van der Waals surface area contributed by atoms with E-state index in [1.807, 2.05) is 32.6 Å². The van der Waals surface area contributed by atoms with Gasteiger partial charge in [0.25, 0.3) is 5.88 Å². The van der Waals surface area contributed by atoms with E-state index in [4.69, 9.17) is 9.47 Å². The van der Waals surface area contributed by atoms with Gasteiger partial charge in [0.1, 0.15) is 17.2 Å². The molecule has 0 saturated carbocycles. The zero-order valence-corrected chi connectivity index (χ0v) is 16.9. The molecule has 2 aromatic rings. The van der Waals surface area contributed by atoms with Gasteiger partial charge in [0.15, 0.2) is 0 Å². The van der Waals surface area contributed by atoms with Crippen LogP contribution in [0.1, 0.15) is 27.7 Å². The van der Waals surface area contributed by atoms with Crippen molar-refractivity contribution in [2.45, 2.75) is 39.3 Å². The standard InChI is InChI=1S/C20H24F2N4O3/c1-13-12-25(19(27)29-20(2,3)4)8-9-26(13)18-23-11-16(22)17(24-18)28-15-7-5-6-14(21)10-15/h5-7,10-11,13H,8-9,12H2,1-4H3/t13-/m1/s1. The Morgan fingerprint density at radius 1 is 1.24 bits per heavy atom. The van der Waals surface area contributed by atoms with E-state index in [2.05, 4.69) is 9.97 Å². The number of amides is 1. The van der Waals surface area contributed by atoms with Gasteiger partial charge in [-0.25, -0.2) is 14.2 Å². The topological polar surface area (TPSA) is 67.8 Å². The van der Waals surface area contributed by atoms with Crippen LogP contribution in [0.25, 0.3) is 0 Å². The van der Waals surface area contributed by atoms with Crippen molar-refractivity contribution in [2.24, 2.45) is 0 Å². The molecule has 156 valence electrons. The molecule has 0 N–H and O–H groups in total. The third-order valence-electron chi connectivity index (χ3n) is 4.25. The Bertz CT molecular complexity index is 888. The van der Waals surface area contributed by atoms with E-state index in [0.717, 1.165) is 12.3 Å². The molecule has 0 unspecified atom stereocenters. The molecule has 1 amide bonds. The van der Waals surface area contributed by atoms with E-state index in [-0.39, 0.29) is 29.7 Å². The van der Waals surface area contributed by atoms with Gasteiger partial charge in [0.05, 0.1) is 6.20 Å². The van der Waals surface area contributed by atoms with Gasteiger partial charge in [-0.2, -0.15) is 9.37 Å². The van der Waals surface area contributed by atoms with Crippen molar-refractivity contribution in [2.75, 3.05) is 24.5 Å². The molecular weight excluding hydrogens is 382 g/mol. The van der Waals surface area contributed by atoms with Gasteiger partial charge < -0.3 is 19.3 Å². The molecule has 7 nitrogen and oxygen atoms in total. The fraction of sp³-hybridized carbons (Fsp3) is 0.450. The number of rotatable bonds is 3. The summed E-state index contributed by atoms with van der Waals surface area (Å²) in [6, 6.07) is 5.25. The van der Waals surface area contributed by atoms with Crippen molar-refractivity contribution in [1.82, 2.24) is 14.9 Å². The second-order valence-corrected chi connectivity index (χ2v) is 7.85. The minimum absolute atomic E-state index is 0.122. The molecule has 0 aliphatic carbocycles. The van der Waals surface area contributed by atoms with Crippen LogP contribution in [0, 0.1) is 11.6 Å². The maximum Gasteiger partial charge on any atom is 0.410 e. The predicted octanol–water partition coefficient (Wildman–Crippen LogP) is 3.99. The first-order chi connectivity index (χ1) is 13.6. The molecule has 29 heavy (non-hydrogen) atoms. The molecule has 0 bridgehead atoms. The van der Waals surface area contributed by atoms with Crippen LogP contribution in [0.2, 0.25) is 0 Å². The SMILES string of the molecule is C[C@@H]1CN(C(=O)OC(C)(C)C)CCN1c1ncc(F)c(Oc2cccc(F)c2)n1. The molecule has 1 aliphatic heterocycles. The number of piperazine rings is 1. The second kappa shape index (κ2) is 8.18. The minimum Gasteiger partial charge on any atom is -0.444 e. The summed E-state index contributed by atoms with van der Waals surface area (Å²) in [4.78, 5) is 24.0. The number of benzene rings is 1. The zero-order valence-electron chi connectivity index (χ0n) is 16.9. The first-order valence-electron chi connectivity index (χ1n) is 9.33. The molecule has 1 fully saturated rings. The highest BCUT2D eigenvalue weighted by atomic mass is 19.1. The van der Waals surface area contributed by atoms with Crippen LogP contribution in [0.3, 0.4) is 0 Å². The van der Waals surface area contributed by atoms with E-state index in [1.54, 1.807) is 4.90 Å². The Hall–Kier alpha value is -2.97. The van der Waals surface area contributed by atoms with E-state index in [9.17, 15) is 13.6 Å². The Labute approximate surface area is 168 Å². The van der Waals surface area contributed by atoms with Crippen molar-refractivity contribution in [3.63, 3.8) is 0 Å². The molecular formula is C20H24F2N4O3. The van der Waals surface area contributed by atoms with E-state index in [0.29, 0.717) is 19.6 Å². The molecule has 1 atom stereocenters. The Kier molecular flexibility index (Phi) is 5.86. The van der Waals surface area contributed by atoms with Gasteiger partial charge in [-0.1, -0.05) is 6.07 Å². The van der Waals surface area contributed by atoms with Gasteiger partial charge in [0, 0.05) is 31.7 Å². The first kappa shape index (κ1) is 20.8. The number of hydrogen-bond acceptors (Lipinski definition) is 6. The fourth-order valence-corrected chi connectivity index (χ4v) is 2.94. The summed E-state index contributed by atoms with van der Waals surface area (Å²) in [5, 5.41) is 0. The van der Waals surface area contributed by atoms with E-state index < -0.39 is 17.2 Å². The molecule has 9 heteroatoms. The van der Waals surface area contributed by atoms with Gasteiger partial charge in [-0.05, 0) is 39.8 Å². The summed E-state index contributed by atoms with van der Waals surface area (Å²) >= 11 is 0. The lowest BCUT2D eigenvalue weighted by atomic mass is 10.2. The molecule has 1 aromatic heterocycles. The highest BCUT2D eigenvalue weighted by molar-refractivity contribution is 5.68. The molecule has 1 saturated heterocycles. The number of nitrogens with zero attached hydrogens (tertiary/aromatic N) is 4. The lowest BCUT2D eigenvalue weighted by Crippen LogP contribution is -2.55. The van der Waals surface area contributed by atoms with Crippen LogP contribution in [-0.4, -0.2) is 52.2 Å². The molecule has 3 rings (SSSR count). The highest BCUT2D eigenvalue weighted by Gasteiger charge is 2.31. The molecule has 2 heterocycles. The molecule has 0 radical (unpaired) electrons. The zero-order chi connectivity index (χ0) is 21.2. The second-order valence-electron chi connectivity index (χ2n) is 7.85. The fourth-order valence-electron chi connectivity index (χ4n) is 2.94. The van der Waals surface area contributed by atoms with Crippen molar-refractivity contribution < 1.29 is 23.0 Å². The van der Waals surface area contributed by atoms with Crippen LogP contribution in [0.4, 0.5) is 19.5 Å². The van der Waals surface area contributed by atoms with Crippen LogP contribution in [0.5, 0.6) is 11.6 Å². The normalized spacial score (nSPS) is 17.2. The molecule has 1 aromatic carbocycles. The van der Waals surface area contributed by atoms with Crippen LogP contribution >= 0.6 is 0 Å². The largest absolute Gasteiger partial charge is 0.444 e. The summed E-state index contributed by atoms with van der Waals surface area (Å²) < 4.78 is 38.3. The van der Waals surface area contributed by atoms with Crippen molar-refractivity contribution in [3.8, 4) is 11.6 Å². The number of carbonyl (C=O) groups excluding carboxylic acids is 1. The summed E-state index contributed by atoms with van der Waals surface area (Å²) in [5.74, 6) is -1.13. The molecule has 0 spiro atoms. The van der Waals surface area contributed by atoms with Crippen molar-refractivity contribution in [3.05, 3.63) is 42.1 Å². The minimum atomic E-state index is -0.752. The van der Waals surface area contributed by atoms with Crippen LogP contribution in [-0.2, 0) is 4.74 Å². The van der Waals surface area contributed by atoms with E-state index >= 15 is 0 Å². The van der Waals surface area contributed by atoms with Gasteiger partial charge in [-0.15, -0.1) is 0 Å². The third kappa shape index (κ3) is 5.30. The number of aromatic nitrogens is 2. The van der Waals surface area contributed by atoms with Gasteiger partial charge in [0.2, 0.25) is 11.8 Å².